The summed E-state index contributed by atoms with van der Waals surface area (Å²) in [6.45, 7) is 0.936. The number of H-pyrrole nitrogens is 1. The Kier molecular flexibility index (Phi) is 3.29. The number of amides is 1. The highest BCUT2D eigenvalue weighted by Gasteiger charge is 2.25. The second-order valence-electron chi connectivity index (χ2n) is 4.96. The molecule has 2 aromatic rings. The number of benzene rings is 1. The lowest BCUT2D eigenvalue weighted by Crippen LogP contribution is -2.39. The van der Waals surface area contributed by atoms with Crippen LogP contribution in [0, 0.1) is 0 Å². The van der Waals surface area contributed by atoms with E-state index in [4.69, 9.17) is 5.11 Å². The molecule has 7 heteroatoms. The third kappa shape index (κ3) is 2.22. The summed E-state index contributed by atoms with van der Waals surface area (Å²) < 4.78 is 2.67. The van der Waals surface area contributed by atoms with E-state index < -0.39 is 6.09 Å². The topological polar surface area (TPSA) is 78.3 Å². The van der Waals surface area contributed by atoms with Crippen LogP contribution in [0.25, 0.3) is 11.0 Å². The van der Waals surface area contributed by atoms with E-state index >= 15 is 0 Å². The Morgan fingerprint density at radius 1 is 1.35 bits per heavy atom. The molecule has 0 aliphatic carbocycles. The fraction of sp³-hybridized carbons (Fsp3) is 0.385. The van der Waals surface area contributed by atoms with Gasteiger partial charge in [-0.3, -0.25) is 4.57 Å². The number of hydrogen-bond donors (Lipinski definition) is 2. The Morgan fingerprint density at radius 3 is 2.70 bits per heavy atom. The molecule has 2 N–H and O–H groups in total. The maximum absolute atomic E-state index is 12.1. The molecule has 0 radical (unpaired) electrons. The maximum atomic E-state index is 12.1. The molecule has 2 heterocycles. The molecule has 0 bridgehead atoms. The molecular formula is C13H14BrN3O3. The number of piperidine rings is 1. The number of fused-ring (bicyclic) bond motifs is 1. The van der Waals surface area contributed by atoms with Gasteiger partial charge in [0.15, 0.2) is 0 Å². The van der Waals surface area contributed by atoms with Gasteiger partial charge in [-0.1, -0.05) is 15.9 Å². The first-order valence-corrected chi connectivity index (χ1v) is 7.23. The second-order valence-corrected chi connectivity index (χ2v) is 5.88. The summed E-state index contributed by atoms with van der Waals surface area (Å²) in [6.07, 6.45) is 0.434. The van der Waals surface area contributed by atoms with E-state index in [1.807, 2.05) is 18.2 Å². The van der Waals surface area contributed by atoms with Gasteiger partial charge in [0, 0.05) is 23.6 Å². The summed E-state index contributed by atoms with van der Waals surface area (Å²) in [4.78, 5) is 27.3. The minimum atomic E-state index is -0.890. The first kappa shape index (κ1) is 13.2. The van der Waals surface area contributed by atoms with E-state index in [0.717, 1.165) is 15.5 Å². The van der Waals surface area contributed by atoms with Gasteiger partial charge < -0.3 is 15.0 Å². The maximum Gasteiger partial charge on any atom is 0.407 e. The molecule has 1 aromatic carbocycles. The number of aromatic amines is 1. The van der Waals surface area contributed by atoms with Crippen LogP contribution >= 0.6 is 15.9 Å². The third-order valence-corrected chi connectivity index (χ3v) is 4.27. The molecule has 20 heavy (non-hydrogen) atoms. The number of carboxylic acid groups (broad SMARTS) is 1. The fourth-order valence-electron chi connectivity index (χ4n) is 2.78. The summed E-state index contributed by atoms with van der Waals surface area (Å²) in [6, 6.07) is 5.73. The van der Waals surface area contributed by atoms with E-state index in [0.29, 0.717) is 25.9 Å². The lowest BCUT2D eigenvalue weighted by molar-refractivity contribution is 0.125. The molecule has 1 aliphatic rings. The fourth-order valence-corrected chi connectivity index (χ4v) is 3.14. The largest absolute Gasteiger partial charge is 0.465 e. The van der Waals surface area contributed by atoms with Crippen LogP contribution in [0.2, 0.25) is 0 Å². The molecule has 0 saturated carbocycles. The average molecular weight is 340 g/mol. The van der Waals surface area contributed by atoms with Crippen molar-refractivity contribution in [2.24, 2.45) is 0 Å². The molecule has 1 saturated heterocycles. The third-order valence-electron chi connectivity index (χ3n) is 3.78. The SMILES string of the molecule is O=C(O)N1CCC(n2c(=O)[nH]c3cc(Br)ccc32)CC1. The van der Waals surface area contributed by atoms with Gasteiger partial charge in [0.25, 0.3) is 0 Å². The average Bonchev–Trinajstić information content (AvgIpc) is 2.73. The van der Waals surface area contributed by atoms with Gasteiger partial charge in [-0.2, -0.15) is 0 Å². The van der Waals surface area contributed by atoms with Crippen molar-refractivity contribution in [3.05, 3.63) is 33.2 Å². The quantitative estimate of drug-likeness (QED) is 0.837. The zero-order valence-corrected chi connectivity index (χ0v) is 12.3. The van der Waals surface area contributed by atoms with E-state index in [1.165, 1.54) is 4.90 Å². The zero-order chi connectivity index (χ0) is 14.3. The second kappa shape index (κ2) is 4.97. The molecule has 0 atom stereocenters. The number of rotatable bonds is 1. The Bertz CT molecular complexity index is 713. The summed E-state index contributed by atoms with van der Waals surface area (Å²) in [5.74, 6) is 0. The van der Waals surface area contributed by atoms with Crippen molar-refractivity contribution in [1.29, 1.82) is 0 Å². The van der Waals surface area contributed by atoms with Gasteiger partial charge >= 0.3 is 11.8 Å². The van der Waals surface area contributed by atoms with Gasteiger partial charge in [0.1, 0.15) is 0 Å². The molecule has 1 amide bonds. The Morgan fingerprint density at radius 2 is 2.05 bits per heavy atom. The first-order valence-electron chi connectivity index (χ1n) is 6.44. The summed E-state index contributed by atoms with van der Waals surface area (Å²) in [5.41, 5.74) is 1.53. The van der Waals surface area contributed by atoms with Crippen molar-refractivity contribution >= 4 is 33.1 Å². The number of aromatic nitrogens is 2. The highest BCUT2D eigenvalue weighted by atomic mass is 79.9. The zero-order valence-electron chi connectivity index (χ0n) is 10.7. The van der Waals surface area contributed by atoms with Crippen LogP contribution in [0.4, 0.5) is 4.79 Å². The van der Waals surface area contributed by atoms with Crippen LogP contribution < -0.4 is 5.69 Å². The summed E-state index contributed by atoms with van der Waals surface area (Å²) >= 11 is 3.38. The Hall–Kier alpha value is -1.76. The van der Waals surface area contributed by atoms with Crippen molar-refractivity contribution in [1.82, 2.24) is 14.5 Å². The number of imidazole rings is 1. The van der Waals surface area contributed by atoms with Crippen molar-refractivity contribution in [2.45, 2.75) is 18.9 Å². The van der Waals surface area contributed by atoms with Crippen molar-refractivity contribution in [3.8, 4) is 0 Å². The summed E-state index contributed by atoms with van der Waals surface area (Å²) in [7, 11) is 0. The lowest BCUT2D eigenvalue weighted by atomic mass is 10.1. The smallest absolute Gasteiger partial charge is 0.407 e. The first-order chi connectivity index (χ1) is 9.56. The van der Waals surface area contributed by atoms with Crippen LogP contribution in [0.15, 0.2) is 27.5 Å². The molecule has 6 nitrogen and oxygen atoms in total. The van der Waals surface area contributed by atoms with Gasteiger partial charge in [-0.05, 0) is 31.0 Å². The van der Waals surface area contributed by atoms with E-state index in [-0.39, 0.29) is 11.7 Å². The molecule has 3 rings (SSSR count). The molecular weight excluding hydrogens is 326 g/mol. The number of hydrogen-bond acceptors (Lipinski definition) is 2. The number of likely N-dealkylation sites (tertiary alicyclic amines) is 1. The normalized spacial score (nSPS) is 16.8. The van der Waals surface area contributed by atoms with Crippen molar-refractivity contribution in [2.75, 3.05) is 13.1 Å². The van der Waals surface area contributed by atoms with Gasteiger partial charge in [0.2, 0.25) is 0 Å². The number of nitrogens with one attached hydrogen (secondary N) is 1. The molecule has 106 valence electrons. The predicted molar refractivity (Wildman–Crippen MR) is 78.1 cm³/mol. The molecule has 1 aliphatic heterocycles. The minimum Gasteiger partial charge on any atom is -0.465 e. The lowest BCUT2D eigenvalue weighted by Gasteiger charge is -2.30. The highest BCUT2D eigenvalue weighted by Crippen LogP contribution is 2.26. The van der Waals surface area contributed by atoms with Crippen molar-refractivity contribution in [3.63, 3.8) is 0 Å². The monoisotopic (exact) mass is 339 g/mol. The summed E-state index contributed by atoms with van der Waals surface area (Å²) in [5, 5.41) is 8.96. The standard InChI is InChI=1S/C13H14BrN3O3/c14-8-1-2-11-10(7-8)15-12(18)17(11)9-3-5-16(6-4-9)13(19)20/h1-2,7,9H,3-6H2,(H,15,18)(H,19,20). The molecule has 1 fully saturated rings. The molecule has 0 unspecified atom stereocenters. The molecule has 1 aromatic heterocycles. The van der Waals surface area contributed by atoms with E-state index in [2.05, 4.69) is 20.9 Å². The predicted octanol–water partition coefficient (Wildman–Crippen LogP) is 2.41. The number of carbonyl (C=O) groups is 1. The van der Waals surface area contributed by atoms with Crippen LogP contribution in [-0.4, -0.2) is 38.7 Å². The molecule has 0 spiro atoms. The van der Waals surface area contributed by atoms with Crippen LogP contribution in [0.3, 0.4) is 0 Å². The minimum absolute atomic E-state index is 0.0491. The number of nitrogens with zero attached hydrogens (tertiary/aromatic N) is 2. The Balaban J connectivity index is 1.93. The van der Waals surface area contributed by atoms with Crippen LogP contribution in [-0.2, 0) is 0 Å². The van der Waals surface area contributed by atoms with Gasteiger partial charge in [0.05, 0.1) is 11.0 Å². The highest BCUT2D eigenvalue weighted by molar-refractivity contribution is 9.10. The van der Waals surface area contributed by atoms with Crippen LogP contribution in [0.5, 0.6) is 0 Å². The van der Waals surface area contributed by atoms with Gasteiger partial charge in [-0.15, -0.1) is 0 Å². The van der Waals surface area contributed by atoms with E-state index in [9.17, 15) is 9.59 Å². The van der Waals surface area contributed by atoms with E-state index in [1.54, 1.807) is 4.57 Å². The Labute approximate surface area is 123 Å². The number of halogens is 1. The van der Waals surface area contributed by atoms with Crippen molar-refractivity contribution < 1.29 is 9.90 Å². The van der Waals surface area contributed by atoms with Gasteiger partial charge in [-0.25, -0.2) is 9.59 Å². The van der Waals surface area contributed by atoms with Crippen LogP contribution in [0.1, 0.15) is 18.9 Å².